The molecule has 0 atom stereocenters. The summed E-state index contributed by atoms with van der Waals surface area (Å²) in [5, 5.41) is 5.96. The van der Waals surface area contributed by atoms with Crippen LogP contribution in [0.2, 0.25) is 0 Å². The molecule has 5 nitrogen and oxygen atoms in total. The minimum Gasteiger partial charge on any atom is -0.497 e. The predicted octanol–water partition coefficient (Wildman–Crippen LogP) is 2.77. The Bertz CT molecular complexity index is 624. The van der Waals surface area contributed by atoms with Crippen molar-refractivity contribution in [3.8, 4) is 5.75 Å². The quantitative estimate of drug-likeness (QED) is 0.738. The van der Waals surface area contributed by atoms with Gasteiger partial charge in [-0.1, -0.05) is 0 Å². The van der Waals surface area contributed by atoms with E-state index in [0.717, 1.165) is 11.4 Å². The molecular weight excluding hydrogens is 266 g/mol. The van der Waals surface area contributed by atoms with E-state index in [2.05, 4.69) is 10.6 Å². The third-order valence-electron chi connectivity index (χ3n) is 3.02. The van der Waals surface area contributed by atoms with Gasteiger partial charge in [0.25, 0.3) is 5.91 Å². The Labute approximate surface area is 124 Å². The van der Waals surface area contributed by atoms with Gasteiger partial charge in [0.2, 0.25) is 0 Å². The zero-order valence-corrected chi connectivity index (χ0v) is 12.1. The SMILES string of the molecule is CCNC(=O)c1ccc(N)c(Nc2ccc(OC)cc2)c1. The zero-order chi connectivity index (χ0) is 15.2. The van der Waals surface area contributed by atoms with Gasteiger partial charge in [-0.15, -0.1) is 0 Å². The predicted molar refractivity (Wildman–Crippen MR) is 85.1 cm³/mol. The number of nitrogens with two attached hydrogens (primary N) is 1. The van der Waals surface area contributed by atoms with E-state index in [1.54, 1.807) is 25.3 Å². The van der Waals surface area contributed by atoms with Gasteiger partial charge in [0.05, 0.1) is 18.5 Å². The average Bonchev–Trinajstić information content (AvgIpc) is 2.50. The minimum absolute atomic E-state index is 0.115. The molecule has 1 amide bonds. The van der Waals surface area contributed by atoms with Gasteiger partial charge in [-0.25, -0.2) is 0 Å². The number of carbonyl (C=O) groups excluding carboxylic acids is 1. The molecule has 2 rings (SSSR count). The van der Waals surface area contributed by atoms with Crippen molar-refractivity contribution in [1.82, 2.24) is 5.32 Å². The normalized spacial score (nSPS) is 10.0. The first-order valence-electron chi connectivity index (χ1n) is 6.73. The number of methoxy groups -OCH3 is 1. The van der Waals surface area contributed by atoms with Gasteiger partial charge in [0.1, 0.15) is 5.75 Å². The summed E-state index contributed by atoms with van der Waals surface area (Å²) in [5.41, 5.74) is 8.67. The summed E-state index contributed by atoms with van der Waals surface area (Å²) in [6, 6.07) is 12.6. The van der Waals surface area contributed by atoms with E-state index in [0.29, 0.717) is 23.5 Å². The van der Waals surface area contributed by atoms with Crippen molar-refractivity contribution in [3.63, 3.8) is 0 Å². The van der Waals surface area contributed by atoms with Crippen molar-refractivity contribution in [2.75, 3.05) is 24.7 Å². The molecule has 0 aliphatic carbocycles. The molecular formula is C16H19N3O2. The molecule has 0 radical (unpaired) electrons. The summed E-state index contributed by atoms with van der Waals surface area (Å²) in [5.74, 6) is 0.667. The fraction of sp³-hybridized carbons (Fsp3) is 0.188. The maximum atomic E-state index is 11.8. The molecule has 2 aromatic rings. The monoisotopic (exact) mass is 285 g/mol. The maximum absolute atomic E-state index is 11.8. The molecule has 0 spiro atoms. The van der Waals surface area contributed by atoms with Crippen LogP contribution in [0.4, 0.5) is 17.1 Å². The summed E-state index contributed by atoms with van der Waals surface area (Å²) in [6.45, 7) is 2.47. The molecule has 4 N–H and O–H groups in total. The summed E-state index contributed by atoms with van der Waals surface area (Å²) < 4.78 is 5.12. The summed E-state index contributed by atoms with van der Waals surface area (Å²) in [4.78, 5) is 11.8. The van der Waals surface area contributed by atoms with E-state index in [-0.39, 0.29) is 5.91 Å². The highest BCUT2D eigenvalue weighted by atomic mass is 16.5. The third-order valence-corrected chi connectivity index (χ3v) is 3.02. The van der Waals surface area contributed by atoms with E-state index >= 15 is 0 Å². The molecule has 2 aromatic carbocycles. The van der Waals surface area contributed by atoms with Crippen LogP contribution in [-0.4, -0.2) is 19.6 Å². The molecule has 0 saturated carbocycles. The number of hydrogen-bond acceptors (Lipinski definition) is 4. The van der Waals surface area contributed by atoms with Crippen molar-refractivity contribution >= 4 is 23.0 Å². The fourth-order valence-corrected chi connectivity index (χ4v) is 1.90. The second kappa shape index (κ2) is 6.65. The second-order valence-electron chi connectivity index (χ2n) is 4.51. The molecule has 0 unspecified atom stereocenters. The number of benzene rings is 2. The molecule has 0 aromatic heterocycles. The Hall–Kier alpha value is -2.69. The largest absolute Gasteiger partial charge is 0.497 e. The van der Waals surface area contributed by atoms with Crippen molar-refractivity contribution in [1.29, 1.82) is 0 Å². The summed E-state index contributed by atoms with van der Waals surface area (Å²) >= 11 is 0. The molecule has 0 saturated heterocycles. The highest BCUT2D eigenvalue weighted by Crippen LogP contribution is 2.25. The molecule has 5 heteroatoms. The van der Waals surface area contributed by atoms with Gasteiger partial charge in [-0.3, -0.25) is 4.79 Å². The molecule has 0 heterocycles. The van der Waals surface area contributed by atoms with Gasteiger partial charge in [-0.05, 0) is 49.4 Å². The number of hydrogen-bond donors (Lipinski definition) is 3. The van der Waals surface area contributed by atoms with Gasteiger partial charge < -0.3 is 21.1 Å². The second-order valence-corrected chi connectivity index (χ2v) is 4.51. The average molecular weight is 285 g/mol. The number of carbonyl (C=O) groups is 1. The number of ether oxygens (including phenoxy) is 1. The van der Waals surface area contributed by atoms with Crippen LogP contribution in [0.25, 0.3) is 0 Å². The highest BCUT2D eigenvalue weighted by Gasteiger charge is 2.08. The van der Waals surface area contributed by atoms with Crippen LogP contribution in [0, 0.1) is 0 Å². The molecule has 0 aliphatic heterocycles. The number of nitrogen functional groups attached to an aromatic ring is 1. The van der Waals surface area contributed by atoms with Gasteiger partial charge in [0.15, 0.2) is 0 Å². The fourth-order valence-electron chi connectivity index (χ4n) is 1.90. The van der Waals surface area contributed by atoms with E-state index in [9.17, 15) is 4.79 Å². The lowest BCUT2D eigenvalue weighted by Crippen LogP contribution is -2.22. The zero-order valence-electron chi connectivity index (χ0n) is 12.1. The topological polar surface area (TPSA) is 76.4 Å². The Morgan fingerprint density at radius 3 is 2.52 bits per heavy atom. The van der Waals surface area contributed by atoms with E-state index in [1.165, 1.54) is 0 Å². The lowest BCUT2D eigenvalue weighted by molar-refractivity contribution is 0.0956. The molecule has 21 heavy (non-hydrogen) atoms. The first kappa shape index (κ1) is 14.7. The van der Waals surface area contributed by atoms with Crippen molar-refractivity contribution in [2.24, 2.45) is 0 Å². The van der Waals surface area contributed by atoms with Crippen molar-refractivity contribution < 1.29 is 9.53 Å². The standard InChI is InChI=1S/C16H19N3O2/c1-3-18-16(20)11-4-9-14(17)15(10-11)19-12-5-7-13(21-2)8-6-12/h4-10,19H,3,17H2,1-2H3,(H,18,20). The minimum atomic E-state index is -0.115. The Balaban J connectivity index is 2.21. The first-order chi connectivity index (χ1) is 10.1. The van der Waals surface area contributed by atoms with E-state index in [1.807, 2.05) is 31.2 Å². The molecule has 0 bridgehead atoms. The van der Waals surface area contributed by atoms with Crippen LogP contribution in [-0.2, 0) is 0 Å². The van der Waals surface area contributed by atoms with Crippen LogP contribution < -0.4 is 21.1 Å². The smallest absolute Gasteiger partial charge is 0.251 e. The van der Waals surface area contributed by atoms with Crippen LogP contribution in [0.1, 0.15) is 17.3 Å². The van der Waals surface area contributed by atoms with Gasteiger partial charge >= 0.3 is 0 Å². The van der Waals surface area contributed by atoms with Crippen molar-refractivity contribution in [2.45, 2.75) is 6.92 Å². The third kappa shape index (κ3) is 3.66. The number of anilines is 3. The molecule has 0 fully saturated rings. The summed E-state index contributed by atoms with van der Waals surface area (Å²) in [6.07, 6.45) is 0. The Morgan fingerprint density at radius 1 is 1.19 bits per heavy atom. The van der Waals surface area contributed by atoms with E-state index in [4.69, 9.17) is 10.5 Å². The molecule has 110 valence electrons. The van der Waals surface area contributed by atoms with E-state index < -0.39 is 0 Å². The Kier molecular flexibility index (Phi) is 4.66. The van der Waals surface area contributed by atoms with Crippen LogP contribution in [0.3, 0.4) is 0 Å². The van der Waals surface area contributed by atoms with Crippen LogP contribution >= 0.6 is 0 Å². The van der Waals surface area contributed by atoms with Crippen molar-refractivity contribution in [3.05, 3.63) is 48.0 Å². The maximum Gasteiger partial charge on any atom is 0.251 e. The first-order valence-corrected chi connectivity index (χ1v) is 6.73. The highest BCUT2D eigenvalue weighted by molar-refractivity contribution is 5.96. The van der Waals surface area contributed by atoms with Crippen LogP contribution in [0.15, 0.2) is 42.5 Å². The van der Waals surface area contributed by atoms with Gasteiger partial charge in [-0.2, -0.15) is 0 Å². The summed E-state index contributed by atoms with van der Waals surface area (Å²) in [7, 11) is 1.62. The van der Waals surface area contributed by atoms with Crippen LogP contribution in [0.5, 0.6) is 5.75 Å². The Morgan fingerprint density at radius 2 is 1.90 bits per heavy atom. The number of rotatable bonds is 5. The lowest BCUT2D eigenvalue weighted by Gasteiger charge is -2.12. The van der Waals surface area contributed by atoms with Gasteiger partial charge in [0, 0.05) is 17.8 Å². The lowest BCUT2D eigenvalue weighted by atomic mass is 10.1. The number of nitrogens with one attached hydrogen (secondary N) is 2. The number of amides is 1. The molecule has 0 aliphatic rings.